The van der Waals surface area contributed by atoms with E-state index in [-0.39, 0.29) is 0 Å². The van der Waals surface area contributed by atoms with Gasteiger partial charge in [-0.1, -0.05) is 53.9 Å². The van der Waals surface area contributed by atoms with E-state index in [0.717, 1.165) is 17.8 Å². The van der Waals surface area contributed by atoms with Crippen LogP contribution < -0.4 is 0 Å². The number of hydrogen-bond acceptors (Lipinski definition) is 0. The third kappa shape index (κ3) is 4.69. The smallest absolute Gasteiger partial charge is 0.0388 e. The molecule has 1 rings (SSSR count). The summed E-state index contributed by atoms with van der Waals surface area (Å²) in [6, 6.07) is 0. The molecule has 3 atom stereocenters. The Morgan fingerprint density at radius 2 is 1.46 bits per heavy atom. The molecule has 80 valence electrons. The molecule has 0 amide bonds. The van der Waals surface area contributed by atoms with Gasteiger partial charge in [0, 0.05) is 0 Å². The molecule has 0 aliphatic heterocycles. The summed E-state index contributed by atoms with van der Waals surface area (Å²) in [6.07, 6.45) is 7.06. The monoisotopic (exact) mass is 184 g/mol. The fraction of sp³-hybridized carbons (Fsp3) is 1.00. The van der Waals surface area contributed by atoms with Crippen molar-refractivity contribution in [3.8, 4) is 0 Å². The first-order valence-electron chi connectivity index (χ1n) is 6.19. The van der Waals surface area contributed by atoms with Crippen LogP contribution in [0, 0.1) is 17.8 Å². The summed E-state index contributed by atoms with van der Waals surface area (Å²) in [5.41, 5.74) is 0. The van der Waals surface area contributed by atoms with Gasteiger partial charge in [0.1, 0.15) is 0 Å². The molecule has 1 fully saturated rings. The lowest BCUT2D eigenvalue weighted by atomic mass is 9.96. The maximum Gasteiger partial charge on any atom is -0.0388 e. The minimum Gasteiger partial charge on any atom is -0.0656 e. The zero-order valence-corrected chi connectivity index (χ0v) is 10.3. The summed E-state index contributed by atoms with van der Waals surface area (Å²) in [5.74, 6) is 3.11. The average molecular weight is 184 g/mol. The summed E-state index contributed by atoms with van der Waals surface area (Å²) >= 11 is 0. The molecular weight excluding hydrogens is 156 g/mol. The molecule has 0 heterocycles. The first kappa shape index (κ1) is 13.0. The van der Waals surface area contributed by atoms with E-state index in [1.165, 1.54) is 32.1 Å². The second-order valence-electron chi connectivity index (χ2n) is 4.60. The van der Waals surface area contributed by atoms with Crippen LogP contribution in [0.5, 0.6) is 0 Å². The zero-order chi connectivity index (χ0) is 10.3. The van der Waals surface area contributed by atoms with E-state index in [4.69, 9.17) is 0 Å². The quantitative estimate of drug-likeness (QED) is 0.573. The summed E-state index contributed by atoms with van der Waals surface area (Å²) < 4.78 is 0. The third-order valence-electron chi connectivity index (χ3n) is 3.25. The van der Waals surface area contributed by atoms with Crippen molar-refractivity contribution in [3.05, 3.63) is 0 Å². The van der Waals surface area contributed by atoms with Gasteiger partial charge in [0.25, 0.3) is 0 Å². The Hall–Kier alpha value is 0. The van der Waals surface area contributed by atoms with E-state index in [1.807, 2.05) is 0 Å². The Bertz CT molecular complexity index is 107. The second kappa shape index (κ2) is 7.41. The van der Waals surface area contributed by atoms with Gasteiger partial charge in [-0.05, 0) is 30.6 Å². The minimum absolute atomic E-state index is 1.01. The molecule has 0 N–H and O–H groups in total. The average Bonchev–Trinajstić information content (AvgIpc) is 2.47. The molecule has 0 saturated heterocycles. The maximum atomic E-state index is 2.42. The van der Waals surface area contributed by atoms with Crippen LogP contribution in [0.3, 0.4) is 0 Å². The van der Waals surface area contributed by atoms with Gasteiger partial charge in [0.05, 0.1) is 0 Å². The van der Waals surface area contributed by atoms with E-state index in [1.54, 1.807) is 0 Å². The van der Waals surface area contributed by atoms with Gasteiger partial charge in [0.15, 0.2) is 0 Å². The SMILES string of the molecule is CCC.CCC1CC(C)C(CC)C1. The number of rotatable bonds is 2. The third-order valence-corrected chi connectivity index (χ3v) is 3.25. The van der Waals surface area contributed by atoms with Crippen molar-refractivity contribution in [2.45, 2.75) is 66.7 Å². The van der Waals surface area contributed by atoms with Crippen LogP contribution >= 0.6 is 0 Å². The normalized spacial score (nSPS) is 32.5. The molecule has 0 bridgehead atoms. The first-order chi connectivity index (χ1) is 6.19. The molecule has 13 heavy (non-hydrogen) atoms. The second-order valence-corrected chi connectivity index (χ2v) is 4.60. The summed E-state index contributed by atoms with van der Waals surface area (Å²) in [4.78, 5) is 0. The Morgan fingerprint density at radius 1 is 0.923 bits per heavy atom. The van der Waals surface area contributed by atoms with E-state index in [0.29, 0.717) is 0 Å². The summed E-state index contributed by atoms with van der Waals surface area (Å²) in [5, 5.41) is 0. The summed E-state index contributed by atoms with van der Waals surface area (Å²) in [7, 11) is 0. The lowest BCUT2D eigenvalue weighted by Crippen LogP contribution is -2.00. The van der Waals surface area contributed by atoms with Crippen LogP contribution in [0.25, 0.3) is 0 Å². The van der Waals surface area contributed by atoms with Crippen LogP contribution in [0.4, 0.5) is 0 Å². The molecule has 1 aliphatic rings. The molecule has 1 aliphatic carbocycles. The van der Waals surface area contributed by atoms with Crippen LogP contribution in [0.15, 0.2) is 0 Å². The van der Waals surface area contributed by atoms with Gasteiger partial charge in [-0.2, -0.15) is 0 Å². The standard InChI is InChI=1S/C10H20.C3H8/c1-4-9-6-8(3)10(5-2)7-9;1-3-2/h8-10H,4-7H2,1-3H3;3H2,1-2H3. The summed E-state index contributed by atoms with van der Waals surface area (Å²) in [6.45, 7) is 11.3. The molecule has 0 heteroatoms. The fourth-order valence-corrected chi connectivity index (χ4v) is 2.38. The van der Waals surface area contributed by atoms with E-state index in [2.05, 4.69) is 34.6 Å². The van der Waals surface area contributed by atoms with Gasteiger partial charge in [-0.15, -0.1) is 0 Å². The van der Waals surface area contributed by atoms with Gasteiger partial charge in [-0.25, -0.2) is 0 Å². The fourth-order valence-electron chi connectivity index (χ4n) is 2.38. The maximum absolute atomic E-state index is 2.42. The molecule has 0 aromatic rings. The highest BCUT2D eigenvalue weighted by atomic mass is 14.3. The van der Waals surface area contributed by atoms with Crippen molar-refractivity contribution in [1.82, 2.24) is 0 Å². The lowest BCUT2D eigenvalue weighted by molar-refractivity contribution is 0.406. The highest BCUT2D eigenvalue weighted by molar-refractivity contribution is 4.79. The van der Waals surface area contributed by atoms with E-state index < -0.39 is 0 Å². The Morgan fingerprint density at radius 3 is 1.69 bits per heavy atom. The van der Waals surface area contributed by atoms with Crippen LogP contribution in [-0.4, -0.2) is 0 Å². The van der Waals surface area contributed by atoms with Crippen molar-refractivity contribution in [2.24, 2.45) is 17.8 Å². The van der Waals surface area contributed by atoms with E-state index in [9.17, 15) is 0 Å². The molecular formula is C13H28. The van der Waals surface area contributed by atoms with Crippen LogP contribution in [-0.2, 0) is 0 Å². The van der Waals surface area contributed by atoms with Crippen molar-refractivity contribution in [1.29, 1.82) is 0 Å². The van der Waals surface area contributed by atoms with Gasteiger partial charge < -0.3 is 0 Å². The Labute approximate surface area is 85.1 Å². The van der Waals surface area contributed by atoms with E-state index >= 15 is 0 Å². The highest BCUT2D eigenvalue weighted by Crippen LogP contribution is 2.39. The largest absolute Gasteiger partial charge is 0.0656 e. The lowest BCUT2D eigenvalue weighted by Gasteiger charge is -2.10. The van der Waals surface area contributed by atoms with Crippen molar-refractivity contribution < 1.29 is 0 Å². The number of hydrogen-bond donors (Lipinski definition) is 0. The topological polar surface area (TPSA) is 0 Å². The molecule has 3 unspecified atom stereocenters. The molecule has 0 nitrogen and oxygen atoms in total. The van der Waals surface area contributed by atoms with Crippen molar-refractivity contribution in [2.75, 3.05) is 0 Å². The highest BCUT2D eigenvalue weighted by Gasteiger charge is 2.28. The van der Waals surface area contributed by atoms with Crippen molar-refractivity contribution >= 4 is 0 Å². The predicted octanol–water partition coefficient (Wildman–Crippen LogP) is 4.89. The molecule has 1 saturated carbocycles. The van der Waals surface area contributed by atoms with Crippen LogP contribution in [0.1, 0.15) is 66.7 Å². The molecule has 0 radical (unpaired) electrons. The van der Waals surface area contributed by atoms with Gasteiger partial charge in [0.2, 0.25) is 0 Å². The van der Waals surface area contributed by atoms with Crippen molar-refractivity contribution in [3.63, 3.8) is 0 Å². The zero-order valence-electron chi connectivity index (χ0n) is 10.3. The molecule has 0 aromatic carbocycles. The van der Waals surface area contributed by atoms with Gasteiger partial charge in [-0.3, -0.25) is 0 Å². The molecule has 0 aromatic heterocycles. The first-order valence-corrected chi connectivity index (χ1v) is 6.19. The Kier molecular flexibility index (Phi) is 7.41. The van der Waals surface area contributed by atoms with Crippen LogP contribution in [0.2, 0.25) is 0 Å². The Balaban J connectivity index is 0.000000424. The molecule has 0 spiro atoms. The minimum atomic E-state index is 1.01. The van der Waals surface area contributed by atoms with Gasteiger partial charge >= 0.3 is 0 Å². The predicted molar refractivity (Wildman–Crippen MR) is 61.9 cm³/mol.